The van der Waals surface area contributed by atoms with E-state index in [0.29, 0.717) is 36.3 Å². The fourth-order valence-corrected chi connectivity index (χ4v) is 7.68. The van der Waals surface area contributed by atoms with Gasteiger partial charge >= 0.3 is 5.97 Å². The highest BCUT2D eigenvalue weighted by molar-refractivity contribution is 7.89. The van der Waals surface area contributed by atoms with Crippen molar-refractivity contribution in [1.82, 2.24) is 14.2 Å². The van der Waals surface area contributed by atoms with Gasteiger partial charge in [0.15, 0.2) is 5.72 Å². The number of hydrogen-bond donors (Lipinski definition) is 1. The van der Waals surface area contributed by atoms with E-state index in [1.807, 2.05) is 12.1 Å². The number of sulfonamides is 1. The number of nitrogens with zero attached hydrogens (tertiary/aromatic N) is 4. The first kappa shape index (κ1) is 27.9. The zero-order chi connectivity index (χ0) is 28.8. The average molecular weight is 601 g/mol. The minimum absolute atomic E-state index is 0.0357. The summed E-state index contributed by atoms with van der Waals surface area (Å²) in [7, 11) is -4.11. The number of benzene rings is 2. The number of carboxylic acids is 1. The summed E-state index contributed by atoms with van der Waals surface area (Å²) in [4.78, 5) is 32.7. The second kappa shape index (κ2) is 10.5. The number of ether oxygens (including phenoxy) is 2. The number of anilines is 1. The Labute approximate surface area is 242 Å². The first-order valence-electron chi connectivity index (χ1n) is 13.2. The van der Waals surface area contributed by atoms with Crippen molar-refractivity contribution < 1.29 is 32.6 Å². The van der Waals surface area contributed by atoms with E-state index in [1.54, 1.807) is 47.6 Å². The molecule has 3 aliphatic rings. The van der Waals surface area contributed by atoms with Crippen LogP contribution in [0.5, 0.6) is 0 Å². The number of carbonyl (C=O) groups is 2. The number of carbonyl (C=O) groups excluding carboxylic acids is 1. The Morgan fingerprint density at radius 3 is 2.49 bits per heavy atom. The van der Waals surface area contributed by atoms with Crippen LogP contribution in [0.3, 0.4) is 0 Å². The van der Waals surface area contributed by atoms with E-state index in [-0.39, 0.29) is 31.1 Å². The fourth-order valence-electron chi connectivity index (χ4n) is 6.04. The van der Waals surface area contributed by atoms with E-state index >= 15 is 0 Å². The molecule has 3 aliphatic heterocycles. The Bertz CT molecular complexity index is 1600. The largest absolute Gasteiger partial charge is 0.480 e. The lowest BCUT2D eigenvalue weighted by molar-refractivity contribution is -0.198. The molecule has 4 heterocycles. The molecule has 0 radical (unpaired) electrons. The van der Waals surface area contributed by atoms with E-state index in [2.05, 4.69) is 9.88 Å². The number of hydrogen-bond acceptors (Lipinski definition) is 8. The van der Waals surface area contributed by atoms with E-state index < -0.39 is 39.8 Å². The van der Waals surface area contributed by atoms with E-state index in [9.17, 15) is 23.1 Å². The van der Waals surface area contributed by atoms with Crippen LogP contribution >= 0.6 is 11.6 Å². The van der Waals surface area contributed by atoms with Crippen molar-refractivity contribution in [3.63, 3.8) is 0 Å². The Hall–Kier alpha value is -3.29. The molecule has 0 aliphatic carbocycles. The summed E-state index contributed by atoms with van der Waals surface area (Å²) in [6.45, 7) is 0.192. The molecule has 1 aromatic heterocycles. The van der Waals surface area contributed by atoms with Gasteiger partial charge in [-0.05, 0) is 60.0 Å². The highest BCUT2D eigenvalue weighted by atomic mass is 35.5. The summed E-state index contributed by atoms with van der Waals surface area (Å²) >= 11 is 6.08. The summed E-state index contributed by atoms with van der Waals surface area (Å²) in [5.41, 5.74) is -1.13. The molecule has 3 fully saturated rings. The van der Waals surface area contributed by atoms with Crippen molar-refractivity contribution >= 4 is 50.0 Å². The van der Waals surface area contributed by atoms with E-state index in [4.69, 9.17) is 21.1 Å². The Balaban J connectivity index is 1.28. The molecular formula is C28H29ClN4O7S. The molecule has 11 nitrogen and oxygen atoms in total. The zero-order valence-corrected chi connectivity index (χ0v) is 23.7. The molecular weight excluding hydrogens is 572 g/mol. The molecule has 3 saturated heterocycles. The van der Waals surface area contributed by atoms with Gasteiger partial charge in [0, 0.05) is 36.2 Å². The lowest BCUT2D eigenvalue weighted by atomic mass is 9.91. The van der Waals surface area contributed by atoms with Crippen LogP contribution in [0.25, 0.3) is 10.8 Å². The number of aliphatic carboxylic acids is 1. The number of halogens is 1. The van der Waals surface area contributed by atoms with Crippen molar-refractivity contribution in [1.29, 1.82) is 0 Å². The number of amides is 1. The summed E-state index contributed by atoms with van der Waals surface area (Å²) < 4.78 is 41.0. The number of pyridine rings is 1. The van der Waals surface area contributed by atoms with E-state index in [0.717, 1.165) is 15.4 Å². The van der Waals surface area contributed by atoms with Crippen molar-refractivity contribution in [2.45, 2.75) is 29.1 Å². The maximum Gasteiger partial charge on any atom is 0.329 e. The summed E-state index contributed by atoms with van der Waals surface area (Å²) in [6.07, 6.45) is 4.66. The van der Waals surface area contributed by atoms with Gasteiger partial charge in [-0.25, -0.2) is 13.2 Å². The predicted molar refractivity (Wildman–Crippen MR) is 150 cm³/mol. The highest BCUT2D eigenvalue weighted by Gasteiger charge is 2.61. The predicted octanol–water partition coefficient (Wildman–Crippen LogP) is 2.59. The zero-order valence-electron chi connectivity index (χ0n) is 22.1. The van der Waals surface area contributed by atoms with Crippen LogP contribution in [0.1, 0.15) is 12.8 Å². The molecule has 13 heteroatoms. The second-order valence-electron chi connectivity index (χ2n) is 10.7. The topological polar surface area (TPSA) is 130 Å². The quantitative estimate of drug-likeness (QED) is 0.435. The second-order valence-corrected chi connectivity index (χ2v) is 13.1. The van der Waals surface area contributed by atoms with Crippen LogP contribution in [0.2, 0.25) is 5.02 Å². The standard InChI is InChI=1S/C28H29ClN4O7S/c29-22-3-1-21-14-24(4-2-20(21)13-22)41(37,38)32-15-25(34)33-17-27(40-28(33,18-32)19-39-16-26(35)36)7-11-31(12-8-27)23-5-9-30-10-6-23/h1-6,9-10,13-14H,7-8,11-12,15-19H2,(H,35,36). The van der Waals surface area contributed by atoms with Crippen LogP contribution < -0.4 is 4.90 Å². The minimum atomic E-state index is -4.11. The average Bonchev–Trinajstić information content (AvgIpc) is 3.27. The molecule has 3 aromatic rings. The maximum atomic E-state index is 13.9. The number of carboxylic acid groups (broad SMARTS) is 1. The normalized spacial score (nSPS) is 22.8. The third-order valence-corrected chi connectivity index (χ3v) is 10.1. The summed E-state index contributed by atoms with van der Waals surface area (Å²) in [6, 6.07) is 13.8. The third-order valence-electron chi connectivity index (χ3n) is 8.05. The monoisotopic (exact) mass is 600 g/mol. The first-order valence-corrected chi connectivity index (χ1v) is 15.1. The molecule has 1 spiro atoms. The van der Waals surface area contributed by atoms with Crippen LogP contribution in [-0.2, 0) is 29.1 Å². The maximum absolute atomic E-state index is 13.9. The Morgan fingerprint density at radius 1 is 1.05 bits per heavy atom. The van der Waals surface area contributed by atoms with Gasteiger partial charge in [-0.15, -0.1) is 0 Å². The number of rotatable bonds is 7. The Morgan fingerprint density at radius 2 is 1.76 bits per heavy atom. The van der Waals surface area contributed by atoms with Gasteiger partial charge < -0.3 is 24.4 Å². The molecule has 2 aromatic carbocycles. The number of piperazine rings is 1. The molecule has 0 bridgehead atoms. The highest BCUT2D eigenvalue weighted by Crippen LogP contribution is 2.44. The van der Waals surface area contributed by atoms with Crippen molar-refractivity contribution in [2.75, 3.05) is 50.8 Å². The van der Waals surface area contributed by atoms with Gasteiger partial charge in [0.05, 0.1) is 36.7 Å². The minimum Gasteiger partial charge on any atom is -0.480 e. The van der Waals surface area contributed by atoms with Crippen molar-refractivity contribution in [3.8, 4) is 0 Å². The molecule has 1 unspecified atom stereocenters. The van der Waals surface area contributed by atoms with Gasteiger partial charge in [0.25, 0.3) is 0 Å². The van der Waals surface area contributed by atoms with Gasteiger partial charge in [-0.2, -0.15) is 4.31 Å². The molecule has 6 rings (SSSR count). The SMILES string of the molecule is O=C(O)COCC12CN(S(=O)(=O)c3ccc4cc(Cl)ccc4c3)CC(=O)N1CC1(CCN(c3ccncc3)CC1)O2. The summed E-state index contributed by atoms with van der Waals surface area (Å²) in [5.74, 6) is -1.59. The molecule has 0 saturated carbocycles. The van der Waals surface area contributed by atoms with Gasteiger partial charge in [-0.1, -0.05) is 23.7 Å². The lowest BCUT2D eigenvalue weighted by Gasteiger charge is -2.44. The molecule has 1 amide bonds. The van der Waals surface area contributed by atoms with Gasteiger partial charge in [-0.3, -0.25) is 9.78 Å². The summed E-state index contributed by atoms with van der Waals surface area (Å²) in [5, 5.41) is 11.2. The lowest BCUT2D eigenvalue weighted by Crippen LogP contribution is -2.65. The number of piperidine rings is 1. The molecule has 1 N–H and O–H groups in total. The fraction of sp³-hybridized carbons (Fsp3) is 0.393. The molecule has 216 valence electrons. The molecule has 1 atom stereocenters. The Kier molecular flexibility index (Phi) is 7.15. The van der Waals surface area contributed by atoms with Gasteiger partial charge in [0.2, 0.25) is 15.9 Å². The number of fused-ring (bicyclic) bond motifs is 2. The van der Waals surface area contributed by atoms with Crippen LogP contribution in [0, 0.1) is 0 Å². The smallest absolute Gasteiger partial charge is 0.329 e. The first-order chi connectivity index (χ1) is 19.6. The molecule has 41 heavy (non-hydrogen) atoms. The van der Waals surface area contributed by atoms with Gasteiger partial charge in [0.1, 0.15) is 6.61 Å². The third kappa shape index (κ3) is 5.26. The number of aromatic nitrogens is 1. The van der Waals surface area contributed by atoms with E-state index in [1.165, 1.54) is 6.07 Å². The van der Waals surface area contributed by atoms with Crippen LogP contribution in [-0.4, -0.2) is 96.9 Å². The van der Waals surface area contributed by atoms with Crippen LogP contribution in [0.4, 0.5) is 5.69 Å². The van der Waals surface area contributed by atoms with Crippen molar-refractivity contribution in [2.24, 2.45) is 0 Å². The van der Waals surface area contributed by atoms with Crippen molar-refractivity contribution in [3.05, 3.63) is 65.9 Å². The van der Waals surface area contributed by atoms with Crippen LogP contribution in [0.15, 0.2) is 65.8 Å².